The molecule has 98 valence electrons. The third-order valence-electron chi connectivity index (χ3n) is 4.26. The van der Waals surface area contributed by atoms with Gasteiger partial charge in [-0.15, -0.1) is 0 Å². The van der Waals surface area contributed by atoms with E-state index in [2.05, 4.69) is 24.5 Å². The van der Waals surface area contributed by atoms with Crippen molar-refractivity contribution < 1.29 is 4.79 Å². The second-order valence-electron chi connectivity index (χ2n) is 5.58. The second-order valence-corrected chi connectivity index (χ2v) is 6.99. The van der Waals surface area contributed by atoms with E-state index in [4.69, 9.17) is 0 Å². The molecule has 2 atom stereocenters. The molecule has 2 rings (SSSR count). The first-order valence-electron chi connectivity index (χ1n) is 6.76. The molecule has 2 heterocycles. The number of thioether (sulfide) groups is 1. The fraction of sp³-hybridized carbons (Fsp3) is 0.923. The Morgan fingerprint density at radius 3 is 2.94 bits per heavy atom. The molecule has 2 unspecified atom stereocenters. The predicted octanol–water partition coefficient (Wildman–Crippen LogP) is 1.63. The topological polar surface area (TPSA) is 41.1 Å². The zero-order valence-electron chi connectivity index (χ0n) is 10.9. The van der Waals surface area contributed by atoms with Gasteiger partial charge in [0.15, 0.2) is 0 Å². The van der Waals surface area contributed by atoms with Crippen molar-refractivity contribution >= 4 is 17.7 Å². The van der Waals surface area contributed by atoms with Gasteiger partial charge in [0, 0.05) is 18.3 Å². The SMILES string of the molecule is CC(C)C1(C(=O)NCC2CCCS2)CCNC1. The molecular formula is C13H24N2OS. The summed E-state index contributed by atoms with van der Waals surface area (Å²) >= 11 is 2.00. The lowest BCUT2D eigenvalue weighted by atomic mass is 9.75. The summed E-state index contributed by atoms with van der Waals surface area (Å²) in [5.74, 6) is 1.94. The molecule has 2 fully saturated rings. The summed E-state index contributed by atoms with van der Waals surface area (Å²) in [7, 11) is 0. The highest BCUT2D eigenvalue weighted by molar-refractivity contribution is 8.00. The molecule has 0 spiro atoms. The standard InChI is InChI=1S/C13H24N2OS/c1-10(2)13(5-6-14-9-13)12(16)15-8-11-4-3-7-17-11/h10-11,14H,3-9H2,1-2H3,(H,15,16). The molecule has 0 bridgehead atoms. The predicted molar refractivity (Wildman–Crippen MR) is 73.2 cm³/mol. The van der Waals surface area contributed by atoms with Crippen LogP contribution in [0.5, 0.6) is 0 Å². The van der Waals surface area contributed by atoms with Gasteiger partial charge < -0.3 is 10.6 Å². The molecule has 0 aromatic heterocycles. The molecule has 4 heteroatoms. The lowest BCUT2D eigenvalue weighted by Gasteiger charge is -2.31. The zero-order valence-corrected chi connectivity index (χ0v) is 11.7. The maximum atomic E-state index is 12.4. The highest BCUT2D eigenvalue weighted by Crippen LogP contribution is 2.34. The van der Waals surface area contributed by atoms with Crippen LogP contribution in [0.2, 0.25) is 0 Å². The largest absolute Gasteiger partial charge is 0.354 e. The van der Waals surface area contributed by atoms with E-state index in [1.807, 2.05) is 11.8 Å². The number of nitrogens with one attached hydrogen (secondary N) is 2. The number of hydrogen-bond donors (Lipinski definition) is 2. The van der Waals surface area contributed by atoms with Crippen molar-refractivity contribution in [2.24, 2.45) is 11.3 Å². The first kappa shape index (κ1) is 13.2. The Labute approximate surface area is 108 Å². The van der Waals surface area contributed by atoms with Crippen LogP contribution < -0.4 is 10.6 Å². The van der Waals surface area contributed by atoms with Crippen LogP contribution >= 0.6 is 11.8 Å². The molecule has 0 saturated carbocycles. The van der Waals surface area contributed by atoms with Crippen molar-refractivity contribution in [2.45, 2.75) is 38.4 Å². The van der Waals surface area contributed by atoms with Crippen LogP contribution in [0.4, 0.5) is 0 Å². The van der Waals surface area contributed by atoms with Crippen LogP contribution in [0.1, 0.15) is 33.1 Å². The van der Waals surface area contributed by atoms with E-state index in [0.29, 0.717) is 11.2 Å². The molecule has 2 aliphatic rings. The summed E-state index contributed by atoms with van der Waals surface area (Å²) < 4.78 is 0. The van der Waals surface area contributed by atoms with Gasteiger partial charge in [0.25, 0.3) is 0 Å². The van der Waals surface area contributed by atoms with E-state index >= 15 is 0 Å². The third kappa shape index (κ3) is 2.79. The monoisotopic (exact) mass is 256 g/mol. The van der Waals surface area contributed by atoms with Crippen LogP contribution in [0.25, 0.3) is 0 Å². The Kier molecular flexibility index (Phi) is 4.36. The van der Waals surface area contributed by atoms with Crippen molar-refractivity contribution in [3.63, 3.8) is 0 Å². The van der Waals surface area contributed by atoms with Gasteiger partial charge >= 0.3 is 0 Å². The lowest BCUT2D eigenvalue weighted by molar-refractivity contribution is -0.132. The molecule has 2 N–H and O–H groups in total. The number of hydrogen-bond acceptors (Lipinski definition) is 3. The summed E-state index contributed by atoms with van der Waals surface area (Å²) in [5, 5.41) is 7.18. The fourth-order valence-electron chi connectivity index (χ4n) is 2.85. The van der Waals surface area contributed by atoms with Gasteiger partial charge in [0.1, 0.15) is 0 Å². The van der Waals surface area contributed by atoms with Crippen molar-refractivity contribution in [1.82, 2.24) is 10.6 Å². The summed E-state index contributed by atoms with van der Waals surface area (Å²) in [6.45, 7) is 7.00. The molecule has 0 aromatic rings. The molecule has 0 aromatic carbocycles. The van der Waals surface area contributed by atoms with E-state index in [9.17, 15) is 4.79 Å². The molecule has 1 amide bonds. The van der Waals surface area contributed by atoms with Crippen LogP contribution in [-0.4, -0.2) is 36.5 Å². The van der Waals surface area contributed by atoms with Gasteiger partial charge in [-0.05, 0) is 37.5 Å². The van der Waals surface area contributed by atoms with Crippen molar-refractivity contribution in [1.29, 1.82) is 0 Å². The first-order valence-corrected chi connectivity index (χ1v) is 7.80. The van der Waals surface area contributed by atoms with Gasteiger partial charge in [0.05, 0.1) is 5.41 Å². The van der Waals surface area contributed by atoms with Crippen LogP contribution in [0.15, 0.2) is 0 Å². The van der Waals surface area contributed by atoms with Gasteiger partial charge in [-0.25, -0.2) is 0 Å². The Balaban J connectivity index is 1.88. The van der Waals surface area contributed by atoms with Crippen molar-refractivity contribution in [3.8, 4) is 0 Å². The number of amides is 1. The van der Waals surface area contributed by atoms with E-state index in [1.54, 1.807) is 0 Å². The summed E-state index contributed by atoms with van der Waals surface area (Å²) in [6, 6.07) is 0. The minimum atomic E-state index is -0.163. The summed E-state index contributed by atoms with van der Waals surface area (Å²) in [5.41, 5.74) is -0.163. The normalized spacial score (nSPS) is 33.2. The molecule has 3 nitrogen and oxygen atoms in total. The average molecular weight is 256 g/mol. The molecule has 0 radical (unpaired) electrons. The maximum absolute atomic E-state index is 12.4. The van der Waals surface area contributed by atoms with Crippen LogP contribution in [-0.2, 0) is 4.79 Å². The number of carbonyl (C=O) groups excluding carboxylic acids is 1. The van der Waals surface area contributed by atoms with E-state index in [-0.39, 0.29) is 11.3 Å². The Bertz CT molecular complexity index is 269. The fourth-order valence-corrected chi connectivity index (χ4v) is 4.05. The molecular weight excluding hydrogens is 232 g/mol. The third-order valence-corrected chi connectivity index (χ3v) is 5.66. The Hall–Kier alpha value is -0.220. The Morgan fingerprint density at radius 1 is 1.59 bits per heavy atom. The van der Waals surface area contributed by atoms with Crippen LogP contribution in [0.3, 0.4) is 0 Å². The smallest absolute Gasteiger partial charge is 0.227 e. The molecule has 2 saturated heterocycles. The molecule has 0 aliphatic carbocycles. The zero-order chi connectivity index (χ0) is 12.3. The Morgan fingerprint density at radius 2 is 2.41 bits per heavy atom. The molecule has 17 heavy (non-hydrogen) atoms. The van der Waals surface area contributed by atoms with Gasteiger partial charge in [-0.3, -0.25) is 4.79 Å². The van der Waals surface area contributed by atoms with Gasteiger partial charge in [0.2, 0.25) is 5.91 Å². The average Bonchev–Trinajstić information content (AvgIpc) is 2.97. The molecule has 2 aliphatic heterocycles. The van der Waals surface area contributed by atoms with Crippen molar-refractivity contribution in [2.75, 3.05) is 25.4 Å². The number of rotatable bonds is 4. The number of carbonyl (C=O) groups is 1. The highest BCUT2D eigenvalue weighted by Gasteiger charge is 2.43. The summed E-state index contributed by atoms with van der Waals surface area (Å²) in [6.07, 6.45) is 3.55. The van der Waals surface area contributed by atoms with Gasteiger partial charge in [-0.2, -0.15) is 11.8 Å². The van der Waals surface area contributed by atoms with Crippen molar-refractivity contribution in [3.05, 3.63) is 0 Å². The summed E-state index contributed by atoms with van der Waals surface area (Å²) in [4.78, 5) is 12.4. The first-order chi connectivity index (χ1) is 8.15. The minimum absolute atomic E-state index is 0.163. The highest BCUT2D eigenvalue weighted by atomic mass is 32.2. The lowest BCUT2D eigenvalue weighted by Crippen LogP contribution is -2.47. The minimum Gasteiger partial charge on any atom is -0.354 e. The van der Waals surface area contributed by atoms with Gasteiger partial charge in [-0.1, -0.05) is 13.8 Å². The van der Waals surface area contributed by atoms with E-state index in [1.165, 1.54) is 18.6 Å². The quantitative estimate of drug-likeness (QED) is 0.803. The maximum Gasteiger partial charge on any atom is 0.227 e. The second kappa shape index (κ2) is 5.61. The van der Waals surface area contributed by atoms with E-state index in [0.717, 1.165) is 26.1 Å². The van der Waals surface area contributed by atoms with E-state index < -0.39 is 0 Å². The van der Waals surface area contributed by atoms with Crippen LogP contribution in [0, 0.1) is 11.3 Å².